The molecule has 0 amide bonds. The number of esters is 4. The van der Waals surface area contributed by atoms with Crippen LogP contribution in [0.1, 0.15) is 349 Å². The van der Waals surface area contributed by atoms with E-state index in [9.17, 15) is 43.2 Å². The van der Waals surface area contributed by atoms with Crippen molar-refractivity contribution >= 4 is 39.5 Å². The van der Waals surface area contributed by atoms with E-state index >= 15 is 0 Å². The van der Waals surface area contributed by atoms with Crippen LogP contribution in [0.5, 0.6) is 0 Å². The number of hydrogen-bond donors (Lipinski definition) is 3. The van der Waals surface area contributed by atoms with Crippen molar-refractivity contribution in [2.75, 3.05) is 39.6 Å². The summed E-state index contributed by atoms with van der Waals surface area (Å²) in [7, 11) is -9.97. The van der Waals surface area contributed by atoms with Gasteiger partial charge in [0.2, 0.25) is 0 Å². The van der Waals surface area contributed by atoms with Crippen molar-refractivity contribution in [3.63, 3.8) is 0 Å². The summed E-state index contributed by atoms with van der Waals surface area (Å²) in [5, 5.41) is 10.6. The number of aliphatic hydroxyl groups is 1. The monoisotopic (exact) mass is 1450 g/mol. The lowest BCUT2D eigenvalue weighted by Crippen LogP contribution is -2.30. The standard InChI is InChI=1S/C81H144O17P2/c1-5-9-13-17-21-25-29-33-36-37-40-42-46-50-54-58-62-66-79(84)92-72-77(98-81(86)68-64-60-56-52-48-44-39-35-31-27-23-19-15-11-7-3)74-96-100(89,90)94-70-75(82)69-93-99(87,88)95-73-76(71-91-78(83)65-61-57-53-49-45-41-32-28-24-20-16-12-8-4)97-80(85)67-63-59-55-51-47-43-38-34-30-26-22-18-14-10-6-2/h21,25,27,31,33-36,38-40,42,50,54,75-77,82H,5-20,22-24,26,28-30,32,37,41,43-49,51-53,55-74H2,1-4H3,(H,87,88)(H,89,90)/b25-21-,31-27-,36-33-,38-34-,39-35-,42-40-,54-50-/t75-,76+,77+/m0/s1. The number of phosphoric ester groups is 2. The minimum Gasteiger partial charge on any atom is -0.462 e. The van der Waals surface area contributed by atoms with Gasteiger partial charge in [0.15, 0.2) is 12.2 Å². The quantitative estimate of drug-likeness (QED) is 0.0128. The third-order valence-electron chi connectivity index (χ3n) is 16.9. The molecule has 0 radical (unpaired) electrons. The van der Waals surface area contributed by atoms with E-state index in [4.69, 9.17) is 37.0 Å². The molecular formula is C81H144O17P2. The van der Waals surface area contributed by atoms with E-state index in [0.29, 0.717) is 32.1 Å². The van der Waals surface area contributed by atoms with Crippen LogP contribution in [0.25, 0.3) is 0 Å². The van der Waals surface area contributed by atoms with E-state index in [2.05, 4.69) is 101 Å². The van der Waals surface area contributed by atoms with E-state index in [0.717, 1.165) is 122 Å². The van der Waals surface area contributed by atoms with Crippen molar-refractivity contribution in [3.8, 4) is 0 Å². The van der Waals surface area contributed by atoms with Gasteiger partial charge >= 0.3 is 39.5 Å². The highest BCUT2D eigenvalue weighted by Gasteiger charge is 2.30. The van der Waals surface area contributed by atoms with Crippen LogP contribution in [0.2, 0.25) is 0 Å². The van der Waals surface area contributed by atoms with Gasteiger partial charge in [-0.2, -0.15) is 0 Å². The van der Waals surface area contributed by atoms with Crippen LogP contribution >= 0.6 is 15.6 Å². The first-order chi connectivity index (χ1) is 48.7. The Hall–Kier alpha value is -3.76. The lowest BCUT2D eigenvalue weighted by atomic mass is 10.0. The number of unbranched alkanes of at least 4 members (excludes halogenated alkanes) is 36. The average Bonchev–Trinajstić information content (AvgIpc) is 0.945. The Morgan fingerprint density at radius 2 is 0.530 bits per heavy atom. The number of carbonyl (C=O) groups is 4. The summed E-state index contributed by atoms with van der Waals surface area (Å²) in [6, 6.07) is 0. The molecule has 0 aliphatic heterocycles. The highest BCUT2D eigenvalue weighted by molar-refractivity contribution is 7.47. The fraction of sp³-hybridized carbons (Fsp3) is 0.778. The van der Waals surface area contributed by atoms with E-state index in [1.807, 2.05) is 12.2 Å². The SMILES string of the molecule is CCCCC/C=C\C/C=C\C/C=C\C/C=C\CCCC(=O)OC[C@H](COP(=O)(O)OC[C@@H](O)COP(=O)(O)OC[C@@H](COC(=O)CCCCCCCCCCCCCCC)OC(=O)CCCCCCC/C=C\CCCCCCCC)OC(=O)CCCCCCC/C=C\C=C/CCCCCC. The Morgan fingerprint density at radius 1 is 0.290 bits per heavy atom. The third-order valence-corrected chi connectivity index (χ3v) is 18.8. The van der Waals surface area contributed by atoms with Gasteiger partial charge in [0.25, 0.3) is 0 Å². The molecule has 0 spiro atoms. The molecule has 0 saturated heterocycles. The fourth-order valence-electron chi connectivity index (χ4n) is 10.7. The second kappa shape index (κ2) is 73.5. The van der Waals surface area contributed by atoms with Crippen LogP contribution in [-0.4, -0.2) is 96.7 Å². The molecule has 100 heavy (non-hydrogen) atoms. The molecule has 0 aromatic heterocycles. The van der Waals surface area contributed by atoms with Gasteiger partial charge in [0.1, 0.15) is 19.3 Å². The molecule has 580 valence electrons. The first-order valence-corrected chi connectivity index (χ1v) is 42.8. The molecule has 0 fully saturated rings. The number of rotatable bonds is 75. The summed E-state index contributed by atoms with van der Waals surface area (Å²) in [5.74, 6) is -2.24. The molecule has 0 aromatic rings. The second-order valence-electron chi connectivity index (χ2n) is 26.7. The van der Waals surface area contributed by atoms with Gasteiger partial charge < -0.3 is 33.8 Å². The highest BCUT2D eigenvalue weighted by atomic mass is 31.2. The molecule has 0 aliphatic rings. The largest absolute Gasteiger partial charge is 0.472 e. The Morgan fingerprint density at radius 3 is 0.890 bits per heavy atom. The number of hydrogen-bond acceptors (Lipinski definition) is 15. The van der Waals surface area contributed by atoms with Crippen molar-refractivity contribution in [1.29, 1.82) is 0 Å². The van der Waals surface area contributed by atoms with Crippen molar-refractivity contribution in [2.45, 2.75) is 367 Å². The Balaban J connectivity index is 5.40. The molecule has 2 unspecified atom stereocenters. The van der Waals surface area contributed by atoms with Crippen molar-refractivity contribution in [3.05, 3.63) is 85.1 Å². The predicted molar refractivity (Wildman–Crippen MR) is 409 cm³/mol. The molecule has 17 nitrogen and oxygen atoms in total. The van der Waals surface area contributed by atoms with Crippen molar-refractivity contribution in [1.82, 2.24) is 0 Å². The summed E-state index contributed by atoms with van der Waals surface area (Å²) in [6.07, 6.45) is 75.7. The van der Waals surface area contributed by atoms with Crippen LogP contribution in [0.15, 0.2) is 85.1 Å². The van der Waals surface area contributed by atoms with Gasteiger partial charge in [-0.1, -0.05) is 293 Å². The maximum absolute atomic E-state index is 13.1. The molecule has 0 aliphatic carbocycles. The summed E-state index contributed by atoms with van der Waals surface area (Å²) >= 11 is 0. The normalized spacial score (nSPS) is 14.3. The van der Waals surface area contributed by atoms with Crippen LogP contribution in [0.4, 0.5) is 0 Å². The number of carbonyl (C=O) groups excluding carboxylic acids is 4. The topological polar surface area (TPSA) is 237 Å². The van der Waals surface area contributed by atoms with Crippen LogP contribution in [-0.2, 0) is 65.4 Å². The fourth-order valence-corrected chi connectivity index (χ4v) is 12.3. The van der Waals surface area contributed by atoms with Gasteiger partial charge in [-0.25, -0.2) is 9.13 Å². The van der Waals surface area contributed by atoms with Gasteiger partial charge in [-0.3, -0.25) is 37.3 Å². The summed E-state index contributed by atoms with van der Waals surface area (Å²) in [5.41, 5.74) is 0. The van der Waals surface area contributed by atoms with E-state index in [-0.39, 0.29) is 25.7 Å². The Bertz CT molecular complexity index is 2230. The first kappa shape index (κ1) is 96.2. The van der Waals surface area contributed by atoms with Crippen LogP contribution < -0.4 is 0 Å². The number of ether oxygens (including phenoxy) is 4. The molecule has 0 rings (SSSR count). The molecule has 0 aromatic carbocycles. The maximum Gasteiger partial charge on any atom is 0.472 e. The van der Waals surface area contributed by atoms with Crippen molar-refractivity contribution < 1.29 is 80.2 Å². The minimum absolute atomic E-state index is 0.0668. The number of aliphatic hydroxyl groups excluding tert-OH is 1. The summed E-state index contributed by atoms with van der Waals surface area (Å²) in [6.45, 7) is 4.78. The summed E-state index contributed by atoms with van der Waals surface area (Å²) in [4.78, 5) is 72.9. The highest BCUT2D eigenvalue weighted by Crippen LogP contribution is 2.45. The van der Waals surface area contributed by atoms with Gasteiger partial charge in [0.05, 0.1) is 26.4 Å². The molecule has 0 heterocycles. The first-order valence-electron chi connectivity index (χ1n) is 39.8. The Kier molecular flexibility index (Phi) is 70.8. The molecule has 0 bridgehead atoms. The van der Waals surface area contributed by atoms with Crippen molar-refractivity contribution in [2.24, 2.45) is 0 Å². The molecular weight excluding hydrogens is 1310 g/mol. The predicted octanol–water partition coefficient (Wildman–Crippen LogP) is 23.0. The van der Waals surface area contributed by atoms with E-state index in [1.54, 1.807) is 0 Å². The zero-order valence-electron chi connectivity index (χ0n) is 63.4. The van der Waals surface area contributed by atoms with E-state index < -0.39 is 97.5 Å². The van der Waals surface area contributed by atoms with Crippen LogP contribution in [0.3, 0.4) is 0 Å². The smallest absolute Gasteiger partial charge is 0.462 e. The van der Waals surface area contributed by atoms with Gasteiger partial charge in [0, 0.05) is 25.7 Å². The zero-order valence-corrected chi connectivity index (χ0v) is 65.2. The lowest BCUT2D eigenvalue weighted by Gasteiger charge is -2.21. The second-order valence-corrected chi connectivity index (χ2v) is 29.6. The van der Waals surface area contributed by atoms with Gasteiger partial charge in [-0.05, 0) is 116 Å². The number of allylic oxidation sites excluding steroid dienone is 14. The summed E-state index contributed by atoms with van der Waals surface area (Å²) < 4.78 is 68.5. The molecule has 19 heteroatoms. The average molecular weight is 1450 g/mol. The minimum atomic E-state index is -4.99. The van der Waals surface area contributed by atoms with E-state index in [1.165, 1.54) is 141 Å². The molecule has 5 atom stereocenters. The molecule has 0 saturated carbocycles. The lowest BCUT2D eigenvalue weighted by molar-refractivity contribution is -0.161. The number of phosphoric acid groups is 2. The molecule has 3 N–H and O–H groups in total. The third kappa shape index (κ3) is 72.6. The van der Waals surface area contributed by atoms with Crippen LogP contribution in [0, 0.1) is 0 Å². The Labute approximate surface area is 608 Å². The zero-order chi connectivity index (χ0) is 73.2. The van der Waals surface area contributed by atoms with Gasteiger partial charge in [-0.15, -0.1) is 0 Å². The maximum atomic E-state index is 13.1.